The molecule has 1 fully saturated rings. The van der Waals surface area contributed by atoms with E-state index in [1.165, 1.54) is 17.4 Å². The summed E-state index contributed by atoms with van der Waals surface area (Å²) >= 11 is 1.44. The summed E-state index contributed by atoms with van der Waals surface area (Å²) in [6.07, 6.45) is 3.16. The molecule has 0 atom stereocenters. The summed E-state index contributed by atoms with van der Waals surface area (Å²) in [6, 6.07) is 12.9. The van der Waals surface area contributed by atoms with Crippen LogP contribution >= 0.6 is 11.3 Å². The number of hydrogen-bond donors (Lipinski definition) is 2. The summed E-state index contributed by atoms with van der Waals surface area (Å²) in [4.78, 5) is 31.8. The third kappa shape index (κ3) is 6.69. The van der Waals surface area contributed by atoms with Gasteiger partial charge in [-0.15, -0.1) is 11.3 Å². The highest BCUT2D eigenvalue weighted by molar-refractivity contribution is 7.90. The molecule has 0 amide bonds. The summed E-state index contributed by atoms with van der Waals surface area (Å²) in [5.74, 6) is -1.87. The zero-order chi connectivity index (χ0) is 32.4. The number of aromatic amines is 1. The molecule has 238 valence electrons. The predicted octanol–water partition coefficient (Wildman–Crippen LogP) is 5.91. The largest absolute Gasteiger partial charge is 0.378 e. The molecule has 2 N–H and O–H groups in total. The van der Waals surface area contributed by atoms with Gasteiger partial charge in [-0.3, -0.25) is 4.79 Å². The van der Waals surface area contributed by atoms with Gasteiger partial charge >= 0.3 is 0 Å². The number of nitrogens with one attached hydrogen (secondary N) is 2. The summed E-state index contributed by atoms with van der Waals surface area (Å²) in [6.45, 7) is 6.59. The molecular weight excluding hydrogens is 635 g/mol. The molecule has 1 aliphatic heterocycles. The van der Waals surface area contributed by atoms with Crippen LogP contribution in [0.2, 0.25) is 0 Å². The Morgan fingerprint density at radius 3 is 2.50 bits per heavy atom. The van der Waals surface area contributed by atoms with Crippen molar-refractivity contribution in [2.24, 2.45) is 0 Å². The van der Waals surface area contributed by atoms with Crippen molar-refractivity contribution in [2.75, 3.05) is 36.5 Å². The van der Waals surface area contributed by atoms with Crippen LogP contribution in [0.3, 0.4) is 0 Å². The number of sulfone groups is 1. The first-order valence-corrected chi connectivity index (χ1v) is 17.0. The fraction of sp³-hybridized carbons (Fsp3) is 0.250. The van der Waals surface area contributed by atoms with Gasteiger partial charge in [0.05, 0.1) is 40.2 Å². The van der Waals surface area contributed by atoms with E-state index in [2.05, 4.69) is 20.3 Å². The van der Waals surface area contributed by atoms with E-state index in [1.54, 1.807) is 42.7 Å². The predicted molar refractivity (Wildman–Crippen MR) is 173 cm³/mol. The molecule has 5 aromatic rings. The first kappa shape index (κ1) is 31.5. The van der Waals surface area contributed by atoms with Gasteiger partial charge in [-0.05, 0) is 29.8 Å². The molecule has 3 aromatic heterocycles. The third-order valence-corrected chi connectivity index (χ3v) is 10.4. The van der Waals surface area contributed by atoms with E-state index in [4.69, 9.17) is 9.72 Å². The minimum absolute atomic E-state index is 0.0908. The van der Waals surface area contributed by atoms with Crippen LogP contribution in [0.15, 0.2) is 76.7 Å². The summed E-state index contributed by atoms with van der Waals surface area (Å²) < 4.78 is 60.1. The van der Waals surface area contributed by atoms with Crippen molar-refractivity contribution >= 4 is 38.6 Å². The molecule has 46 heavy (non-hydrogen) atoms. The van der Waals surface area contributed by atoms with Gasteiger partial charge in [-0.1, -0.05) is 38.1 Å². The van der Waals surface area contributed by atoms with Crippen molar-refractivity contribution in [1.29, 1.82) is 0 Å². The molecule has 6 rings (SSSR count). The Labute approximate surface area is 268 Å². The number of aromatic nitrogens is 4. The van der Waals surface area contributed by atoms with E-state index in [-0.39, 0.29) is 23.0 Å². The van der Waals surface area contributed by atoms with Gasteiger partial charge in [0.25, 0.3) is 0 Å². The Balaban J connectivity index is 1.30. The van der Waals surface area contributed by atoms with Crippen molar-refractivity contribution < 1.29 is 21.9 Å². The monoisotopic (exact) mass is 664 g/mol. The molecule has 0 saturated carbocycles. The molecular formula is C32H30F2N6O4S2. The molecule has 0 bridgehead atoms. The smallest absolute Gasteiger partial charge is 0.227 e. The molecule has 0 spiro atoms. The molecule has 14 heteroatoms. The van der Waals surface area contributed by atoms with E-state index in [0.717, 1.165) is 23.2 Å². The average molecular weight is 665 g/mol. The van der Waals surface area contributed by atoms with Crippen LogP contribution in [0.25, 0.3) is 21.8 Å². The van der Waals surface area contributed by atoms with E-state index in [9.17, 15) is 22.0 Å². The van der Waals surface area contributed by atoms with Crippen LogP contribution < -0.4 is 15.6 Å². The van der Waals surface area contributed by atoms with Crippen LogP contribution in [0.1, 0.15) is 30.3 Å². The lowest BCUT2D eigenvalue weighted by Crippen LogP contribution is -2.37. The van der Waals surface area contributed by atoms with Crippen LogP contribution in [0.4, 0.5) is 26.2 Å². The standard InChI is InChI=1S/C32H30F2N6O4S2/c1-19(2)31-39-28(21-6-3-5-20(15-21)18-46(42,43)30-22(33)7-4-8-23(30)34)29(45-31)24-9-10-35-32(37-24)38-25-17-36-27(16-26(25)41)40-11-13-44-14-12-40/h3-10,15-17,19H,11-14,18H2,1-2H3,(H,36,41)(H,35,37,38). The maximum atomic E-state index is 14.3. The van der Waals surface area contributed by atoms with Gasteiger partial charge < -0.3 is 19.9 Å². The first-order valence-electron chi connectivity index (χ1n) is 14.5. The van der Waals surface area contributed by atoms with E-state index < -0.39 is 32.1 Å². The molecule has 1 saturated heterocycles. The Kier molecular flexibility index (Phi) is 8.93. The molecule has 10 nitrogen and oxygen atoms in total. The third-order valence-electron chi connectivity index (χ3n) is 7.31. The number of morpholine rings is 1. The highest BCUT2D eigenvalue weighted by atomic mass is 32.2. The Morgan fingerprint density at radius 1 is 1.04 bits per heavy atom. The van der Waals surface area contributed by atoms with Gasteiger partial charge in [0.1, 0.15) is 28.0 Å². The van der Waals surface area contributed by atoms with Gasteiger partial charge in [0.15, 0.2) is 9.84 Å². The summed E-state index contributed by atoms with van der Waals surface area (Å²) in [7, 11) is -4.33. The van der Waals surface area contributed by atoms with E-state index >= 15 is 0 Å². The Morgan fingerprint density at radius 2 is 1.78 bits per heavy atom. The van der Waals surface area contributed by atoms with Crippen molar-refractivity contribution in [2.45, 2.75) is 30.4 Å². The Hall–Kier alpha value is -4.53. The Bertz CT molecular complexity index is 2040. The highest BCUT2D eigenvalue weighted by Crippen LogP contribution is 2.39. The summed E-state index contributed by atoms with van der Waals surface area (Å²) in [5, 5.41) is 3.84. The highest BCUT2D eigenvalue weighted by Gasteiger charge is 2.25. The van der Waals surface area contributed by atoms with E-state index in [0.29, 0.717) is 59.5 Å². The lowest BCUT2D eigenvalue weighted by Gasteiger charge is -2.28. The van der Waals surface area contributed by atoms with Crippen molar-refractivity contribution in [3.63, 3.8) is 0 Å². The lowest BCUT2D eigenvalue weighted by molar-refractivity contribution is 0.122. The normalized spacial score (nSPS) is 13.7. The van der Waals surface area contributed by atoms with Gasteiger partial charge in [-0.25, -0.2) is 32.2 Å². The molecule has 4 heterocycles. The maximum Gasteiger partial charge on any atom is 0.227 e. The minimum Gasteiger partial charge on any atom is -0.378 e. The van der Waals surface area contributed by atoms with Crippen molar-refractivity contribution in [3.05, 3.63) is 99.4 Å². The quantitative estimate of drug-likeness (QED) is 0.198. The van der Waals surface area contributed by atoms with Gasteiger partial charge in [-0.2, -0.15) is 0 Å². The number of hydrogen-bond acceptors (Lipinski definition) is 10. The van der Waals surface area contributed by atoms with Crippen LogP contribution in [-0.4, -0.2) is 54.7 Å². The minimum atomic E-state index is -4.33. The number of pyridine rings is 1. The number of rotatable bonds is 9. The number of nitrogens with zero attached hydrogens (tertiary/aromatic N) is 4. The second kappa shape index (κ2) is 13.1. The van der Waals surface area contributed by atoms with Gasteiger partial charge in [0.2, 0.25) is 11.4 Å². The summed E-state index contributed by atoms with van der Waals surface area (Å²) in [5.41, 5.74) is 2.13. The van der Waals surface area contributed by atoms with Crippen LogP contribution in [-0.2, 0) is 20.3 Å². The number of halogens is 2. The zero-order valence-corrected chi connectivity index (χ0v) is 26.6. The second-order valence-corrected chi connectivity index (χ2v) is 13.9. The molecule has 1 aliphatic rings. The number of H-pyrrole nitrogens is 1. The molecule has 0 unspecified atom stereocenters. The number of thiazole rings is 1. The molecule has 0 aliphatic carbocycles. The van der Waals surface area contributed by atoms with Crippen molar-refractivity contribution in [3.8, 4) is 21.8 Å². The zero-order valence-electron chi connectivity index (χ0n) is 25.0. The first-order chi connectivity index (χ1) is 22.1. The maximum absolute atomic E-state index is 14.3. The number of benzene rings is 2. The molecule has 0 radical (unpaired) electrons. The molecule has 2 aromatic carbocycles. The average Bonchev–Trinajstić information content (AvgIpc) is 3.49. The van der Waals surface area contributed by atoms with Crippen molar-refractivity contribution in [1.82, 2.24) is 19.9 Å². The SMILES string of the molecule is CC(C)c1nc(-c2cccc(CS(=O)(=O)c3c(F)cccc3F)c2)c(-c2ccnc(Nc3c[nH]c(N4CCOCC4)cc3=O)n2)s1. The number of anilines is 3. The topological polar surface area (TPSA) is 130 Å². The van der Waals surface area contributed by atoms with Gasteiger partial charge in [0, 0.05) is 43.0 Å². The fourth-order valence-electron chi connectivity index (χ4n) is 5.04. The second-order valence-electron chi connectivity index (χ2n) is 11.0. The number of ether oxygens (including phenoxy) is 1. The van der Waals surface area contributed by atoms with Crippen LogP contribution in [0, 0.1) is 11.6 Å². The fourth-order valence-corrected chi connectivity index (χ4v) is 7.60. The van der Waals surface area contributed by atoms with Crippen LogP contribution in [0.5, 0.6) is 0 Å². The lowest BCUT2D eigenvalue weighted by atomic mass is 10.1. The van der Waals surface area contributed by atoms with E-state index in [1.807, 2.05) is 18.7 Å².